The molecule has 0 atom stereocenters. The first-order valence-electron chi connectivity index (χ1n) is 5.93. The van der Waals surface area contributed by atoms with E-state index in [2.05, 4.69) is 14.8 Å². The average molecular weight is 341 g/mol. The number of thiophene rings is 1. The van der Waals surface area contributed by atoms with Crippen molar-refractivity contribution in [3.05, 3.63) is 16.3 Å². The number of methoxy groups -OCH3 is 1. The van der Waals surface area contributed by atoms with E-state index >= 15 is 0 Å². The van der Waals surface area contributed by atoms with E-state index in [1.807, 2.05) is 0 Å². The average Bonchev–Trinajstić information content (AvgIpc) is 2.88. The van der Waals surface area contributed by atoms with Crippen molar-refractivity contribution in [2.75, 3.05) is 20.2 Å². The topological polar surface area (TPSA) is 84.5 Å². The van der Waals surface area contributed by atoms with Gasteiger partial charge in [-0.15, -0.1) is 23.7 Å². The van der Waals surface area contributed by atoms with Crippen LogP contribution < -0.4 is 10.0 Å². The Morgan fingerprint density at radius 3 is 2.70 bits per heavy atom. The molecule has 0 bridgehead atoms. The van der Waals surface area contributed by atoms with Crippen LogP contribution >= 0.6 is 23.7 Å². The highest BCUT2D eigenvalue weighted by Crippen LogP contribution is 2.23. The Morgan fingerprint density at radius 1 is 1.45 bits per heavy atom. The SMILES string of the molecule is COC(=O)c1sccc1S(=O)(=O)NC1CCNCC1.Cl. The molecule has 0 amide bonds. The highest BCUT2D eigenvalue weighted by Gasteiger charge is 2.27. The maximum absolute atomic E-state index is 12.3. The standard InChI is InChI=1S/C11H16N2O4S2.ClH/c1-17-11(14)10-9(4-7-18-10)19(15,16)13-8-2-5-12-6-3-8;/h4,7-8,12-13H,2-3,5-6H2,1H3;1H. The smallest absolute Gasteiger partial charge is 0.349 e. The van der Waals surface area contributed by atoms with Crippen LogP contribution in [0.25, 0.3) is 0 Å². The third-order valence-corrected chi connectivity index (χ3v) is 5.54. The highest BCUT2D eigenvalue weighted by molar-refractivity contribution is 7.89. The Hall–Kier alpha value is -0.670. The van der Waals surface area contributed by atoms with Crippen LogP contribution in [0.1, 0.15) is 22.5 Å². The minimum atomic E-state index is -3.67. The van der Waals surface area contributed by atoms with Crippen molar-refractivity contribution < 1.29 is 17.9 Å². The van der Waals surface area contributed by atoms with E-state index in [1.165, 1.54) is 13.2 Å². The second-order valence-electron chi connectivity index (χ2n) is 4.25. The summed E-state index contributed by atoms with van der Waals surface area (Å²) in [7, 11) is -2.44. The fourth-order valence-electron chi connectivity index (χ4n) is 1.97. The molecule has 1 aromatic heterocycles. The third kappa shape index (κ3) is 3.92. The van der Waals surface area contributed by atoms with Crippen LogP contribution in [0.5, 0.6) is 0 Å². The number of piperidine rings is 1. The van der Waals surface area contributed by atoms with Gasteiger partial charge in [-0.2, -0.15) is 0 Å². The van der Waals surface area contributed by atoms with E-state index < -0.39 is 16.0 Å². The number of halogens is 1. The Bertz CT molecular complexity index is 553. The molecule has 114 valence electrons. The molecule has 1 aromatic rings. The molecule has 1 fully saturated rings. The lowest BCUT2D eigenvalue weighted by atomic mass is 10.1. The van der Waals surface area contributed by atoms with Gasteiger partial charge in [-0.05, 0) is 37.4 Å². The molecule has 0 unspecified atom stereocenters. The van der Waals surface area contributed by atoms with Gasteiger partial charge < -0.3 is 10.1 Å². The van der Waals surface area contributed by atoms with Gasteiger partial charge in [-0.1, -0.05) is 0 Å². The first-order valence-corrected chi connectivity index (χ1v) is 8.30. The summed E-state index contributed by atoms with van der Waals surface area (Å²) in [6.45, 7) is 1.58. The predicted octanol–water partition coefficient (Wildman–Crippen LogP) is 0.987. The van der Waals surface area contributed by atoms with Gasteiger partial charge in [0.2, 0.25) is 10.0 Å². The van der Waals surface area contributed by atoms with Crippen LogP contribution in [0.3, 0.4) is 0 Å². The van der Waals surface area contributed by atoms with Crippen LogP contribution in [0.2, 0.25) is 0 Å². The number of carbonyl (C=O) groups is 1. The first kappa shape index (κ1) is 17.4. The number of sulfonamides is 1. The second kappa shape index (κ2) is 7.37. The molecule has 1 aliphatic heterocycles. The van der Waals surface area contributed by atoms with Crippen molar-refractivity contribution in [1.82, 2.24) is 10.0 Å². The van der Waals surface area contributed by atoms with E-state index in [9.17, 15) is 13.2 Å². The molecule has 2 heterocycles. The van der Waals surface area contributed by atoms with Crippen molar-refractivity contribution in [2.45, 2.75) is 23.8 Å². The van der Waals surface area contributed by atoms with Crippen molar-refractivity contribution in [3.8, 4) is 0 Å². The zero-order valence-corrected chi connectivity index (χ0v) is 13.4. The molecule has 20 heavy (non-hydrogen) atoms. The zero-order chi connectivity index (χ0) is 13.9. The Labute approximate surface area is 128 Å². The fraction of sp³-hybridized carbons (Fsp3) is 0.545. The van der Waals surface area contributed by atoms with Crippen LogP contribution in [0.4, 0.5) is 0 Å². The van der Waals surface area contributed by atoms with E-state index in [0.717, 1.165) is 37.3 Å². The van der Waals surface area contributed by atoms with Crippen molar-refractivity contribution >= 4 is 39.7 Å². The van der Waals surface area contributed by atoms with Gasteiger partial charge >= 0.3 is 5.97 Å². The van der Waals surface area contributed by atoms with Gasteiger partial charge in [-0.3, -0.25) is 0 Å². The van der Waals surface area contributed by atoms with E-state index in [0.29, 0.717) is 0 Å². The van der Waals surface area contributed by atoms with Crippen LogP contribution in [-0.4, -0.2) is 40.6 Å². The molecule has 1 aliphatic rings. The maximum atomic E-state index is 12.3. The summed E-state index contributed by atoms with van der Waals surface area (Å²) < 4.78 is 31.8. The molecule has 2 rings (SSSR count). The molecule has 2 N–H and O–H groups in total. The summed E-state index contributed by atoms with van der Waals surface area (Å²) in [4.78, 5) is 11.6. The fourth-order valence-corrected chi connectivity index (χ4v) is 4.61. The molecule has 0 aliphatic carbocycles. The molecular formula is C11H17ClN2O4S2. The van der Waals surface area contributed by atoms with Gasteiger partial charge in [0.15, 0.2) is 0 Å². The number of carbonyl (C=O) groups excluding carboxylic acids is 1. The molecule has 0 aromatic carbocycles. The second-order valence-corrected chi connectivity index (χ2v) is 6.85. The molecule has 1 saturated heterocycles. The minimum Gasteiger partial charge on any atom is -0.465 e. The van der Waals surface area contributed by atoms with E-state index in [-0.39, 0.29) is 28.2 Å². The van der Waals surface area contributed by atoms with Gasteiger partial charge in [0.1, 0.15) is 9.77 Å². The van der Waals surface area contributed by atoms with Crippen LogP contribution in [0.15, 0.2) is 16.3 Å². The number of ether oxygens (including phenoxy) is 1. The summed E-state index contributed by atoms with van der Waals surface area (Å²) in [6.07, 6.45) is 1.49. The van der Waals surface area contributed by atoms with Crippen molar-refractivity contribution in [2.24, 2.45) is 0 Å². The molecule has 0 saturated carbocycles. The lowest BCUT2D eigenvalue weighted by molar-refractivity contribution is 0.0602. The maximum Gasteiger partial charge on any atom is 0.349 e. The monoisotopic (exact) mass is 340 g/mol. The summed E-state index contributed by atoms with van der Waals surface area (Å²) in [5.41, 5.74) is 0. The molecule has 9 heteroatoms. The lowest BCUT2D eigenvalue weighted by Gasteiger charge is -2.23. The minimum absolute atomic E-state index is 0. The number of hydrogen-bond acceptors (Lipinski definition) is 6. The largest absolute Gasteiger partial charge is 0.465 e. The molecule has 0 spiro atoms. The third-order valence-electron chi connectivity index (χ3n) is 2.95. The van der Waals surface area contributed by atoms with Gasteiger partial charge in [0.25, 0.3) is 0 Å². The summed E-state index contributed by atoms with van der Waals surface area (Å²) in [6, 6.07) is 1.34. The molecule has 0 radical (unpaired) electrons. The summed E-state index contributed by atoms with van der Waals surface area (Å²) in [5.74, 6) is -0.624. The quantitative estimate of drug-likeness (QED) is 0.798. The highest BCUT2D eigenvalue weighted by atomic mass is 35.5. The Kier molecular flexibility index (Phi) is 6.41. The lowest BCUT2D eigenvalue weighted by Crippen LogP contribution is -2.42. The first-order chi connectivity index (χ1) is 9.04. The number of esters is 1. The van der Waals surface area contributed by atoms with E-state index in [4.69, 9.17) is 0 Å². The summed E-state index contributed by atoms with van der Waals surface area (Å²) >= 11 is 1.07. The zero-order valence-electron chi connectivity index (χ0n) is 10.9. The Balaban J connectivity index is 0.00000200. The van der Waals surface area contributed by atoms with Crippen molar-refractivity contribution in [3.63, 3.8) is 0 Å². The van der Waals surface area contributed by atoms with Crippen LogP contribution in [-0.2, 0) is 14.8 Å². The van der Waals surface area contributed by atoms with Crippen molar-refractivity contribution in [1.29, 1.82) is 0 Å². The molecular weight excluding hydrogens is 324 g/mol. The number of rotatable bonds is 4. The van der Waals surface area contributed by atoms with Gasteiger partial charge in [0.05, 0.1) is 7.11 Å². The van der Waals surface area contributed by atoms with Crippen LogP contribution in [0, 0.1) is 0 Å². The molecule has 6 nitrogen and oxygen atoms in total. The number of hydrogen-bond donors (Lipinski definition) is 2. The summed E-state index contributed by atoms with van der Waals surface area (Å²) in [5, 5.41) is 4.74. The Morgan fingerprint density at radius 2 is 2.10 bits per heavy atom. The van der Waals surface area contributed by atoms with Gasteiger partial charge in [-0.25, -0.2) is 17.9 Å². The normalized spacial score (nSPS) is 16.4. The van der Waals surface area contributed by atoms with E-state index in [1.54, 1.807) is 5.38 Å². The number of nitrogens with one attached hydrogen (secondary N) is 2. The predicted molar refractivity (Wildman–Crippen MR) is 79.1 cm³/mol. The van der Waals surface area contributed by atoms with Gasteiger partial charge in [0, 0.05) is 6.04 Å².